The van der Waals surface area contributed by atoms with Crippen molar-refractivity contribution < 1.29 is 27.7 Å². The Labute approximate surface area is 297 Å². The number of benzene rings is 8. The molecule has 8 aromatic carbocycles. The van der Waals surface area contributed by atoms with Gasteiger partial charge in [0.2, 0.25) is 0 Å². The normalized spacial score (nSPS) is 16.5. The third kappa shape index (κ3) is 4.64. The molecule has 0 aliphatic rings. The molecule has 220 valence electrons. The summed E-state index contributed by atoms with van der Waals surface area (Å²) < 4.78 is 158. The van der Waals surface area contributed by atoms with Gasteiger partial charge in [-0.25, -0.2) is 0 Å². The van der Waals surface area contributed by atoms with E-state index >= 15 is 0 Å². The Hall–Kier alpha value is -6.18. The van der Waals surface area contributed by atoms with Gasteiger partial charge in [-0.05, 0) is 84.2 Å². The fourth-order valence-corrected chi connectivity index (χ4v) is 6.05. The van der Waals surface area contributed by atoms with Gasteiger partial charge in [-0.3, -0.25) is 0 Å². The van der Waals surface area contributed by atoms with Crippen LogP contribution in [-0.2, 0) is 0 Å². The van der Waals surface area contributed by atoms with Crippen molar-refractivity contribution in [2.45, 2.75) is 0 Å². The molecule has 0 unspecified atom stereocenters. The van der Waals surface area contributed by atoms with E-state index < -0.39 is 107 Å². The van der Waals surface area contributed by atoms with Gasteiger partial charge < -0.3 is 4.42 Å². The highest BCUT2D eigenvalue weighted by Gasteiger charge is 2.21. The first kappa shape index (κ1) is 14.9. The largest absolute Gasteiger partial charge is 0.464 e. The SMILES string of the molecule is [2H]c1oc2c([2H])c([2H])c(-c3ccccc3)c([2H])c2c1-c1c2ccccc2c(-c2c([2H])c(-c3c([2H])c([2H])c([2H])c([2H])c3[2H])c([2H])c([2H])c2-c2c([2H])c([2H])c([2H])c([2H])c2[2H])c2ccccc12. The van der Waals surface area contributed by atoms with E-state index in [4.69, 9.17) is 20.9 Å². The highest BCUT2D eigenvalue weighted by molar-refractivity contribution is 6.24. The Morgan fingerprint density at radius 2 is 0.894 bits per heavy atom. The molecule has 0 spiro atoms. The van der Waals surface area contributed by atoms with Gasteiger partial charge in [-0.15, -0.1) is 0 Å². The van der Waals surface area contributed by atoms with Gasteiger partial charge in [-0.2, -0.15) is 0 Å². The number of fused-ring (bicyclic) bond motifs is 3. The molecular weight excluding hydrogens is 569 g/mol. The molecule has 9 aromatic rings. The molecule has 0 aliphatic carbocycles. The standard InChI is InChI=1S/C46H30O/c1-4-14-31(15-5-1)34-24-26-36(33-18-8-3-9-19-33)42(29-34)45-37-20-10-12-22-39(37)46(40-23-13-11-21-38(40)45)43-30-47-44-27-25-35(28-41(43)44)32-16-6-2-7-17-32/h1-30H/i1D,3D,4D,5D,8D,9D,14D,15D,18D,19D,24D,25D,26D,27D,28D,29D,30D. The van der Waals surface area contributed by atoms with E-state index in [1.807, 2.05) is 0 Å². The van der Waals surface area contributed by atoms with Crippen LogP contribution in [0.3, 0.4) is 0 Å². The van der Waals surface area contributed by atoms with Crippen LogP contribution in [0.5, 0.6) is 0 Å². The van der Waals surface area contributed by atoms with E-state index in [0.717, 1.165) is 0 Å². The molecule has 47 heavy (non-hydrogen) atoms. The predicted molar refractivity (Wildman–Crippen MR) is 198 cm³/mol. The summed E-state index contributed by atoms with van der Waals surface area (Å²) in [6.45, 7) is 0. The monoisotopic (exact) mass is 615 g/mol. The lowest BCUT2D eigenvalue weighted by Gasteiger charge is -2.20. The van der Waals surface area contributed by atoms with E-state index in [9.17, 15) is 6.85 Å². The molecule has 0 aliphatic heterocycles. The summed E-state index contributed by atoms with van der Waals surface area (Å²) in [5.74, 6) is 0. The van der Waals surface area contributed by atoms with Gasteiger partial charge in [0, 0.05) is 16.5 Å². The van der Waals surface area contributed by atoms with Crippen molar-refractivity contribution in [2.24, 2.45) is 0 Å². The molecule has 0 bridgehead atoms. The fourth-order valence-electron chi connectivity index (χ4n) is 6.05. The van der Waals surface area contributed by atoms with Crippen LogP contribution < -0.4 is 0 Å². The lowest BCUT2D eigenvalue weighted by Crippen LogP contribution is -1.93. The van der Waals surface area contributed by atoms with Crippen molar-refractivity contribution in [3.8, 4) is 55.6 Å². The van der Waals surface area contributed by atoms with E-state index in [0.29, 0.717) is 32.7 Å². The first-order valence-corrected chi connectivity index (χ1v) is 14.7. The lowest BCUT2D eigenvalue weighted by molar-refractivity contribution is 0.617. The number of furan rings is 1. The quantitative estimate of drug-likeness (QED) is 0.176. The topological polar surface area (TPSA) is 13.1 Å². The van der Waals surface area contributed by atoms with Crippen LogP contribution in [0, 0.1) is 0 Å². The van der Waals surface area contributed by atoms with Crippen LogP contribution in [0.4, 0.5) is 0 Å². The summed E-state index contributed by atoms with van der Waals surface area (Å²) in [6, 6.07) is 11.8. The van der Waals surface area contributed by atoms with Gasteiger partial charge in [0.1, 0.15) is 6.95 Å². The van der Waals surface area contributed by atoms with Gasteiger partial charge in [0.05, 0.1) is 28.2 Å². The zero-order chi connectivity index (χ0) is 46.0. The maximum atomic E-state index is 9.99. The zero-order valence-corrected chi connectivity index (χ0v) is 24.4. The van der Waals surface area contributed by atoms with Gasteiger partial charge in [-0.1, -0.05) is 157 Å². The average molecular weight is 616 g/mol. The number of rotatable bonds is 5. The summed E-state index contributed by atoms with van der Waals surface area (Å²) >= 11 is 0. The third-order valence-corrected chi connectivity index (χ3v) is 8.09. The van der Waals surface area contributed by atoms with E-state index in [2.05, 4.69) is 0 Å². The van der Waals surface area contributed by atoms with Crippen molar-refractivity contribution in [2.75, 3.05) is 0 Å². The Balaban J connectivity index is 1.52. The first-order chi connectivity index (χ1) is 30.4. The maximum absolute atomic E-state index is 9.99. The maximum Gasteiger partial charge on any atom is 0.134 e. The van der Waals surface area contributed by atoms with Gasteiger partial charge in [0.15, 0.2) is 0 Å². The molecule has 1 aromatic heterocycles. The van der Waals surface area contributed by atoms with Crippen molar-refractivity contribution in [3.63, 3.8) is 0 Å². The van der Waals surface area contributed by atoms with E-state index in [-0.39, 0.29) is 51.4 Å². The molecule has 0 fully saturated rings. The van der Waals surface area contributed by atoms with Crippen LogP contribution in [0.2, 0.25) is 0 Å². The summed E-state index contributed by atoms with van der Waals surface area (Å²) in [4.78, 5) is 0. The molecule has 0 atom stereocenters. The smallest absolute Gasteiger partial charge is 0.134 e. The second kappa shape index (κ2) is 11.3. The molecule has 1 heteroatoms. The van der Waals surface area contributed by atoms with E-state index in [1.165, 1.54) is 0 Å². The van der Waals surface area contributed by atoms with Crippen molar-refractivity contribution in [3.05, 3.63) is 182 Å². The fraction of sp³-hybridized carbons (Fsp3) is 0. The Bertz CT molecular complexity index is 3410. The highest BCUT2D eigenvalue weighted by atomic mass is 16.3. The van der Waals surface area contributed by atoms with Gasteiger partial charge in [0.25, 0.3) is 0 Å². The average Bonchev–Trinajstić information content (AvgIpc) is 3.64. The van der Waals surface area contributed by atoms with Crippen molar-refractivity contribution >= 4 is 32.5 Å². The Morgan fingerprint density at radius 3 is 1.53 bits per heavy atom. The summed E-state index contributed by atoms with van der Waals surface area (Å²) in [6.07, 6.45) is -0.416. The second-order valence-corrected chi connectivity index (χ2v) is 10.7. The molecule has 0 radical (unpaired) electrons. The highest BCUT2D eigenvalue weighted by Crippen LogP contribution is 2.48. The Morgan fingerprint density at radius 1 is 0.362 bits per heavy atom. The predicted octanol–water partition coefficient (Wildman–Crippen LogP) is 13.1. The summed E-state index contributed by atoms with van der Waals surface area (Å²) in [5.41, 5.74) is -1.13. The van der Waals surface area contributed by atoms with E-state index in [1.54, 1.807) is 78.9 Å². The molecule has 0 saturated carbocycles. The molecular formula is C46H30O. The Kier molecular flexibility index (Phi) is 3.60. The molecule has 0 saturated heterocycles. The van der Waals surface area contributed by atoms with Crippen LogP contribution >= 0.6 is 0 Å². The first-order valence-electron chi connectivity index (χ1n) is 23.2. The molecule has 9 rings (SSSR count). The van der Waals surface area contributed by atoms with Crippen molar-refractivity contribution in [1.29, 1.82) is 0 Å². The van der Waals surface area contributed by atoms with Crippen LogP contribution in [0.1, 0.15) is 23.3 Å². The summed E-state index contributed by atoms with van der Waals surface area (Å²) in [5, 5.41) is 1.48. The molecule has 0 N–H and O–H groups in total. The minimum atomic E-state index is -0.791. The molecule has 1 nitrogen and oxygen atoms in total. The third-order valence-electron chi connectivity index (χ3n) is 8.09. The van der Waals surface area contributed by atoms with Crippen LogP contribution in [0.25, 0.3) is 88.1 Å². The molecule has 0 amide bonds. The zero-order valence-electron chi connectivity index (χ0n) is 41.4. The van der Waals surface area contributed by atoms with Gasteiger partial charge >= 0.3 is 0 Å². The van der Waals surface area contributed by atoms with Crippen LogP contribution in [-0.4, -0.2) is 0 Å². The van der Waals surface area contributed by atoms with Crippen molar-refractivity contribution in [1.82, 2.24) is 0 Å². The molecule has 1 heterocycles. The number of hydrogen-bond donors (Lipinski definition) is 0. The summed E-state index contributed by atoms with van der Waals surface area (Å²) in [7, 11) is 0. The number of hydrogen-bond acceptors (Lipinski definition) is 1. The lowest BCUT2D eigenvalue weighted by atomic mass is 9.83. The van der Waals surface area contributed by atoms with Crippen LogP contribution in [0.15, 0.2) is 186 Å². The second-order valence-electron chi connectivity index (χ2n) is 10.7. The minimum Gasteiger partial charge on any atom is -0.464 e. The minimum absolute atomic E-state index is 0.0874.